The van der Waals surface area contributed by atoms with Crippen molar-refractivity contribution in [1.82, 2.24) is 24.2 Å². The summed E-state index contributed by atoms with van der Waals surface area (Å²) in [6, 6.07) is 10.3. The Morgan fingerprint density at radius 3 is 2.59 bits per heavy atom. The SMILES string of the molecule is CC.CN(C)Cc1nc(Nc2ccc(-c3cnc4cc(F)ccn34)c3c2C(=O)N(C(=O)OC(C)(C)C)C3)ccc1C1CCC(O)C1. The molecule has 1 aliphatic carbocycles. The van der Waals surface area contributed by atoms with Gasteiger partial charge in [-0.1, -0.05) is 26.0 Å². The van der Waals surface area contributed by atoms with E-state index in [1.54, 1.807) is 43.6 Å². The van der Waals surface area contributed by atoms with E-state index in [1.165, 1.54) is 12.1 Å². The molecule has 0 bridgehead atoms. The number of benzene rings is 1. The summed E-state index contributed by atoms with van der Waals surface area (Å²) in [5.74, 6) is -0.0775. The van der Waals surface area contributed by atoms with E-state index >= 15 is 0 Å². The van der Waals surface area contributed by atoms with E-state index in [0.29, 0.717) is 46.1 Å². The first kappa shape index (κ1) is 33.0. The number of carbonyl (C=O) groups excluding carboxylic acids is 2. The van der Waals surface area contributed by atoms with Gasteiger partial charge in [-0.05, 0) is 89.4 Å². The number of aliphatic hydroxyl groups excluding tert-OH is 1. The highest BCUT2D eigenvalue weighted by molar-refractivity contribution is 6.11. The van der Waals surface area contributed by atoms with Gasteiger partial charge in [-0.3, -0.25) is 9.20 Å². The molecular formula is C35H43FN6O4. The van der Waals surface area contributed by atoms with Crippen LogP contribution < -0.4 is 5.32 Å². The molecule has 10 nitrogen and oxygen atoms in total. The number of aromatic nitrogens is 3. The summed E-state index contributed by atoms with van der Waals surface area (Å²) >= 11 is 0. The van der Waals surface area contributed by atoms with Crippen LogP contribution in [0.3, 0.4) is 0 Å². The topological polar surface area (TPSA) is 112 Å². The molecule has 1 aliphatic heterocycles. The fraction of sp³-hybridized carbons (Fsp3) is 0.429. The van der Waals surface area contributed by atoms with Crippen molar-refractivity contribution in [2.75, 3.05) is 19.4 Å². The lowest BCUT2D eigenvalue weighted by Crippen LogP contribution is -2.37. The molecule has 2 unspecified atom stereocenters. The van der Waals surface area contributed by atoms with Crippen LogP contribution in [0.5, 0.6) is 0 Å². The second-order valence-corrected chi connectivity index (χ2v) is 12.9. The number of aliphatic hydroxyl groups is 1. The number of amides is 2. The minimum absolute atomic E-state index is 0.00458. The Labute approximate surface area is 269 Å². The normalized spacial score (nSPS) is 17.7. The number of nitrogens with zero attached hydrogens (tertiary/aromatic N) is 5. The summed E-state index contributed by atoms with van der Waals surface area (Å²) < 4.78 is 21.2. The van der Waals surface area contributed by atoms with Crippen LogP contribution >= 0.6 is 0 Å². The Kier molecular flexibility index (Phi) is 9.46. The van der Waals surface area contributed by atoms with Crippen molar-refractivity contribution >= 4 is 29.2 Å². The van der Waals surface area contributed by atoms with Gasteiger partial charge < -0.3 is 20.1 Å². The van der Waals surface area contributed by atoms with Crippen LogP contribution in [0.2, 0.25) is 0 Å². The molecule has 3 aromatic heterocycles. The highest BCUT2D eigenvalue weighted by Crippen LogP contribution is 2.40. The maximum Gasteiger partial charge on any atom is 0.417 e. The van der Waals surface area contributed by atoms with Gasteiger partial charge >= 0.3 is 6.09 Å². The smallest absolute Gasteiger partial charge is 0.417 e. The third kappa shape index (κ3) is 6.75. The van der Waals surface area contributed by atoms with Gasteiger partial charge in [0.1, 0.15) is 22.9 Å². The van der Waals surface area contributed by atoms with Crippen molar-refractivity contribution in [2.45, 2.75) is 84.6 Å². The zero-order chi connectivity index (χ0) is 33.3. The molecule has 0 saturated heterocycles. The number of pyridine rings is 2. The molecule has 11 heteroatoms. The van der Waals surface area contributed by atoms with E-state index in [2.05, 4.69) is 21.3 Å². The van der Waals surface area contributed by atoms with E-state index in [1.807, 2.05) is 40.1 Å². The number of ether oxygens (including phenoxy) is 1. The summed E-state index contributed by atoms with van der Waals surface area (Å²) in [5.41, 5.74) is 4.50. The van der Waals surface area contributed by atoms with Crippen molar-refractivity contribution in [1.29, 1.82) is 0 Å². The molecule has 2 N–H and O–H groups in total. The Hall–Kier alpha value is -4.35. The van der Waals surface area contributed by atoms with Crippen molar-refractivity contribution < 1.29 is 23.8 Å². The van der Waals surface area contributed by atoms with Crippen LogP contribution in [0.4, 0.5) is 20.7 Å². The molecular weight excluding hydrogens is 587 g/mol. The second kappa shape index (κ2) is 13.2. The number of hydrogen-bond acceptors (Lipinski definition) is 8. The largest absolute Gasteiger partial charge is 0.443 e. The first-order valence-corrected chi connectivity index (χ1v) is 15.8. The van der Waals surface area contributed by atoms with Crippen molar-refractivity contribution in [3.63, 3.8) is 0 Å². The van der Waals surface area contributed by atoms with Crippen molar-refractivity contribution in [3.05, 3.63) is 77.0 Å². The third-order valence-electron chi connectivity index (χ3n) is 8.04. The summed E-state index contributed by atoms with van der Waals surface area (Å²) in [4.78, 5) is 39.5. The van der Waals surface area contributed by atoms with E-state index in [-0.39, 0.29) is 18.6 Å². The quantitative estimate of drug-likeness (QED) is 0.237. The fourth-order valence-electron chi connectivity index (χ4n) is 6.14. The number of anilines is 2. The lowest BCUT2D eigenvalue weighted by atomic mass is 9.95. The molecule has 2 aliphatic rings. The average molecular weight is 631 g/mol. The summed E-state index contributed by atoms with van der Waals surface area (Å²) in [6.07, 6.45) is 4.61. The van der Waals surface area contributed by atoms with E-state index in [9.17, 15) is 19.1 Å². The van der Waals surface area contributed by atoms with Crippen LogP contribution in [0, 0.1) is 5.82 Å². The molecule has 46 heavy (non-hydrogen) atoms. The van der Waals surface area contributed by atoms with Gasteiger partial charge in [-0.25, -0.2) is 24.1 Å². The lowest BCUT2D eigenvalue weighted by Gasteiger charge is -2.23. The molecule has 2 atom stereocenters. The molecule has 1 fully saturated rings. The number of nitrogens with one attached hydrogen (secondary N) is 1. The van der Waals surface area contributed by atoms with Crippen LogP contribution in [0.15, 0.2) is 48.8 Å². The number of rotatable bonds is 6. The molecule has 4 heterocycles. The van der Waals surface area contributed by atoms with Crippen LogP contribution in [0.25, 0.3) is 16.9 Å². The maximum absolute atomic E-state index is 13.9. The van der Waals surface area contributed by atoms with Crippen molar-refractivity contribution in [3.8, 4) is 11.3 Å². The molecule has 2 amide bonds. The second-order valence-electron chi connectivity index (χ2n) is 12.9. The van der Waals surface area contributed by atoms with Crippen molar-refractivity contribution in [2.24, 2.45) is 0 Å². The van der Waals surface area contributed by atoms with Gasteiger partial charge in [0.2, 0.25) is 0 Å². The average Bonchev–Trinajstić information content (AvgIpc) is 3.70. The third-order valence-corrected chi connectivity index (χ3v) is 8.04. The predicted molar refractivity (Wildman–Crippen MR) is 176 cm³/mol. The van der Waals surface area contributed by atoms with E-state index in [0.717, 1.165) is 35.4 Å². The Morgan fingerprint density at radius 2 is 1.91 bits per heavy atom. The molecule has 244 valence electrons. The number of carbonyl (C=O) groups is 2. The standard InChI is InChI=1S/C33H37FN6O4.C2H6/c1-33(2,3)44-32(43)40-17-24-23(27-16-35-29-15-20(34)12-13-39(27)29)8-10-25(30(24)31(40)42)36-28-11-9-22(19-6-7-21(41)14-19)26(37-28)18-38(4)5;1-2/h8-13,15-16,19,21,41H,6-7,14,17-18H2,1-5H3,(H,36,37);1-2H3. The summed E-state index contributed by atoms with van der Waals surface area (Å²) in [7, 11) is 3.97. The Balaban J connectivity index is 0.00000204. The molecule has 1 aromatic carbocycles. The number of imide groups is 1. The van der Waals surface area contributed by atoms with Crippen LogP contribution in [-0.2, 0) is 17.8 Å². The molecule has 0 radical (unpaired) electrons. The highest BCUT2D eigenvalue weighted by atomic mass is 19.1. The van der Waals surface area contributed by atoms with Gasteiger partial charge in [-0.15, -0.1) is 0 Å². The highest BCUT2D eigenvalue weighted by Gasteiger charge is 2.39. The number of fused-ring (bicyclic) bond motifs is 2. The van der Waals surface area contributed by atoms with Crippen LogP contribution in [0.1, 0.15) is 87.0 Å². The number of imidazole rings is 1. The Bertz CT molecular complexity index is 1760. The molecule has 6 rings (SSSR count). The fourth-order valence-corrected chi connectivity index (χ4v) is 6.14. The zero-order valence-corrected chi connectivity index (χ0v) is 27.6. The first-order valence-electron chi connectivity index (χ1n) is 15.8. The Morgan fingerprint density at radius 1 is 1.15 bits per heavy atom. The minimum Gasteiger partial charge on any atom is -0.443 e. The van der Waals surface area contributed by atoms with Gasteiger partial charge in [0.05, 0.1) is 41.5 Å². The summed E-state index contributed by atoms with van der Waals surface area (Å²) in [5, 5.41) is 13.5. The number of hydrogen-bond donors (Lipinski definition) is 2. The van der Waals surface area contributed by atoms with E-state index in [4.69, 9.17) is 9.72 Å². The first-order chi connectivity index (χ1) is 21.9. The number of halogens is 1. The summed E-state index contributed by atoms with van der Waals surface area (Å²) in [6.45, 7) is 9.88. The van der Waals surface area contributed by atoms with Gasteiger partial charge in [-0.2, -0.15) is 0 Å². The van der Waals surface area contributed by atoms with Gasteiger partial charge in [0.25, 0.3) is 5.91 Å². The molecule has 4 aromatic rings. The lowest BCUT2D eigenvalue weighted by molar-refractivity contribution is 0.0248. The zero-order valence-electron chi connectivity index (χ0n) is 27.6. The minimum atomic E-state index is -0.786. The predicted octanol–water partition coefficient (Wildman–Crippen LogP) is 6.89. The van der Waals surface area contributed by atoms with Gasteiger partial charge in [0.15, 0.2) is 0 Å². The molecule has 1 saturated carbocycles. The van der Waals surface area contributed by atoms with Gasteiger partial charge in [0, 0.05) is 24.4 Å². The maximum atomic E-state index is 13.9. The monoisotopic (exact) mass is 630 g/mol. The van der Waals surface area contributed by atoms with E-state index < -0.39 is 23.4 Å². The molecule has 0 spiro atoms. The van der Waals surface area contributed by atoms with Crippen LogP contribution in [-0.4, -0.2) is 67.1 Å².